The molecule has 1 atom stereocenters. The monoisotopic (exact) mass is 666 g/mol. The van der Waals surface area contributed by atoms with E-state index in [0.717, 1.165) is 41.0 Å². The molecule has 2 aliphatic heterocycles. The van der Waals surface area contributed by atoms with Gasteiger partial charge in [0, 0.05) is 37.3 Å². The van der Waals surface area contributed by atoms with Crippen LogP contribution >= 0.6 is 0 Å². The zero-order valence-corrected chi connectivity index (χ0v) is 27.4. The van der Waals surface area contributed by atoms with Crippen LogP contribution in [0.1, 0.15) is 45.6 Å². The third-order valence-electron chi connectivity index (χ3n) is 8.96. The first-order valence-electron chi connectivity index (χ1n) is 16.3. The minimum atomic E-state index is -0.534. The molecule has 5 aromatic rings. The lowest BCUT2D eigenvalue weighted by Gasteiger charge is -2.27. The molecular formula is C38H36F2N4O5. The van der Waals surface area contributed by atoms with Crippen molar-refractivity contribution < 1.29 is 32.5 Å². The minimum absolute atomic E-state index is 0.0600. The first-order chi connectivity index (χ1) is 23.9. The van der Waals surface area contributed by atoms with Gasteiger partial charge in [0.05, 0.1) is 55.3 Å². The minimum Gasteiger partial charge on any atom is -0.489 e. The lowest BCUT2D eigenvalue weighted by Crippen LogP contribution is -2.31. The van der Waals surface area contributed by atoms with Crippen LogP contribution in [-0.4, -0.2) is 54.2 Å². The van der Waals surface area contributed by atoms with E-state index in [2.05, 4.69) is 15.6 Å². The predicted octanol–water partition coefficient (Wildman–Crippen LogP) is 6.61. The summed E-state index contributed by atoms with van der Waals surface area (Å²) in [6, 6.07) is 17.3. The smallest absolute Gasteiger partial charge is 0.214 e. The zero-order valence-electron chi connectivity index (χ0n) is 27.4. The van der Waals surface area contributed by atoms with Gasteiger partial charge in [-0.2, -0.15) is 5.26 Å². The van der Waals surface area contributed by atoms with Crippen LogP contribution in [0, 0.1) is 29.9 Å². The van der Waals surface area contributed by atoms with Crippen molar-refractivity contribution in [2.45, 2.75) is 52.0 Å². The second-order valence-corrected chi connectivity index (χ2v) is 12.3. The summed E-state index contributed by atoms with van der Waals surface area (Å²) in [6.45, 7) is 4.49. The highest BCUT2D eigenvalue weighted by atomic mass is 19.1. The standard InChI is InChI=1S/C38H36F2N4O5/c1-23-12-34-38(35(13-23)48-11-10-45-2)43-36(44(34)20-28-7-9-47-28)18-26-17-32(40)29-16-27(26)21-46-8-6-25-14-24(19-41)15-31(39)30(25)22-49-37-5-3-4-33(29)42-37/h3-5,12-17,28H,6-11,18,20-22H2,1-2H3. The van der Waals surface area contributed by atoms with Crippen molar-refractivity contribution in [3.63, 3.8) is 0 Å². The molecule has 1 unspecified atom stereocenters. The summed E-state index contributed by atoms with van der Waals surface area (Å²) in [6.07, 6.45) is 1.68. The zero-order chi connectivity index (χ0) is 33.9. The van der Waals surface area contributed by atoms with E-state index in [0.29, 0.717) is 66.3 Å². The summed E-state index contributed by atoms with van der Waals surface area (Å²) < 4.78 is 62.5. The molecule has 252 valence electrons. The molecule has 7 rings (SSSR count). The van der Waals surface area contributed by atoms with Crippen LogP contribution in [0.3, 0.4) is 0 Å². The Morgan fingerprint density at radius 2 is 1.88 bits per heavy atom. The van der Waals surface area contributed by atoms with Crippen LogP contribution < -0.4 is 9.47 Å². The average Bonchev–Trinajstić information content (AvgIpc) is 3.41. The molecule has 2 aliphatic rings. The van der Waals surface area contributed by atoms with E-state index in [1.54, 1.807) is 37.4 Å². The van der Waals surface area contributed by atoms with Gasteiger partial charge in [0.15, 0.2) is 0 Å². The van der Waals surface area contributed by atoms with Crippen molar-refractivity contribution in [2.24, 2.45) is 0 Å². The fourth-order valence-electron chi connectivity index (χ4n) is 6.31. The number of pyridine rings is 1. The molecule has 0 N–H and O–H groups in total. The topological polar surface area (TPSA) is 101 Å². The molecule has 11 heteroatoms. The number of aryl methyl sites for hydroxylation is 1. The van der Waals surface area contributed by atoms with Crippen molar-refractivity contribution in [1.82, 2.24) is 14.5 Å². The van der Waals surface area contributed by atoms with Gasteiger partial charge in [0.25, 0.3) is 0 Å². The van der Waals surface area contributed by atoms with Gasteiger partial charge in [0.1, 0.15) is 41.9 Å². The fraction of sp³-hybridized carbons (Fsp3) is 0.342. The van der Waals surface area contributed by atoms with Gasteiger partial charge < -0.3 is 28.3 Å². The van der Waals surface area contributed by atoms with Gasteiger partial charge in [0.2, 0.25) is 5.88 Å². The molecule has 0 radical (unpaired) electrons. The number of rotatable bonds is 8. The molecule has 49 heavy (non-hydrogen) atoms. The number of fused-ring (bicyclic) bond motifs is 7. The van der Waals surface area contributed by atoms with Crippen LogP contribution in [0.4, 0.5) is 8.78 Å². The van der Waals surface area contributed by atoms with Gasteiger partial charge >= 0.3 is 0 Å². The second-order valence-electron chi connectivity index (χ2n) is 12.3. The molecule has 0 aliphatic carbocycles. The summed E-state index contributed by atoms with van der Waals surface area (Å²) in [5.41, 5.74) is 6.01. The van der Waals surface area contributed by atoms with Gasteiger partial charge in [-0.1, -0.05) is 6.07 Å². The number of hydrogen-bond donors (Lipinski definition) is 0. The van der Waals surface area contributed by atoms with Crippen molar-refractivity contribution in [3.8, 4) is 29.0 Å². The number of aromatic nitrogens is 3. The van der Waals surface area contributed by atoms with Crippen LogP contribution in [0.25, 0.3) is 22.3 Å². The van der Waals surface area contributed by atoms with E-state index in [4.69, 9.17) is 28.7 Å². The number of benzene rings is 3. The Hall–Kier alpha value is -4.89. The molecule has 1 fully saturated rings. The first-order valence-corrected chi connectivity index (χ1v) is 16.3. The molecule has 0 saturated carbocycles. The lowest BCUT2D eigenvalue weighted by molar-refractivity contribution is -0.0589. The number of nitrogens with zero attached hydrogens (tertiary/aromatic N) is 4. The Labute approximate surface area is 283 Å². The Balaban J connectivity index is 1.28. The van der Waals surface area contributed by atoms with Crippen LogP contribution in [0.2, 0.25) is 0 Å². The van der Waals surface area contributed by atoms with Crippen LogP contribution in [-0.2, 0) is 46.8 Å². The molecule has 0 spiro atoms. The molecule has 2 aromatic heterocycles. The van der Waals surface area contributed by atoms with E-state index in [9.17, 15) is 5.26 Å². The first kappa shape index (κ1) is 32.6. The number of hydrogen-bond acceptors (Lipinski definition) is 8. The predicted molar refractivity (Wildman–Crippen MR) is 177 cm³/mol. The molecule has 0 amide bonds. The van der Waals surface area contributed by atoms with E-state index < -0.39 is 11.6 Å². The maximum atomic E-state index is 16.0. The number of halogens is 2. The van der Waals surface area contributed by atoms with E-state index in [1.807, 2.05) is 19.1 Å². The molecule has 9 nitrogen and oxygen atoms in total. The fourth-order valence-corrected chi connectivity index (χ4v) is 6.31. The van der Waals surface area contributed by atoms with Gasteiger partial charge in [-0.3, -0.25) is 0 Å². The van der Waals surface area contributed by atoms with Gasteiger partial charge in [-0.25, -0.2) is 18.7 Å². The summed E-state index contributed by atoms with van der Waals surface area (Å²) >= 11 is 0. The van der Waals surface area contributed by atoms with Crippen molar-refractivity contribution >= 4 is 11.0 Å². The largest absolute Gasteiger partial charge is 0.489 e. The molecule has 4 heterocycles. The highest BCUT2D eigenvalue weighted by Gasteiger charge is 2.25. The third kappa shape index (κ3) is 6.99. The second kappa shape index (κ2) is 14.3. The van der Waals surface area contributed by atoms with Crippen LogP contribution in [0.15, 0.2) is 54.6 Å². The number of nitriles is 1. The summed E-state index contributed by atoms with van der Waals surface area (Å²) in [7, 11) is 1.63. The van der Waals surface area contributed by atoms with E-state index in [-0.39, 0.29) is 37.4 Å². The summed E-state index contributed by atoms with van der Waals surface area (Å²) in [5.74, 6) is 0.667. The van der Waals surface area contributed by atoms with Crippen molar-refractivity contribution in [3.05, 3.63) is 105 Å². The van der Waals surface area contributed by atoms with Crippen molar-refractivity contribution in [1.29, 1.82) is 5.26 Å². The molecule has 1 saturated heterocycles. The Morgan fingerprint density at radius 3 is 2.67 bits per heavy atom. The summed E-state index contributed by atoms with van der Waals surface area (Å²) in [5, 5.41) is 9.45. The molecule has 4 bridgehead atoms. The number of ether oxygens (including phenoxy) is 5. The molecule has 3 aromatic carbocycles. The Bertz CT molecular complexity index is 2050. The van der Waals surface area contributed by atoms with Gasteiger partial charge in [-0.15, -0.1) is 0 Å². The quantitative estimate of drug-likeness (QED) is 0.171. The SMILES string of the molecule is COCCOc1cc(C)cc2c1nc(Cc1cc(F)c3cc1COCCc1cc(C#N)cc(F)c1COc1cccc-3n1)n2CC1CCO1. The maximum Gasteiger partial charge on any atom is 0.214 e. The number of imidazole rings is 1. The Morgan fingerprint density at radius 1 is 1.00 bits per heavy atom. The highest BCUT2D eigenvalue weighted by molar-refractivity contribution is 5.83. The van der Waals surface area contributed by atoms with Crippen molar-refractivity contribution in [2.75, 3.05) is 33.5 Å². The normalized spacial score (nSPS) is 15.9. The summed E-state index contributed by atoms with van der Waals surface area (Å²) in [4.78, 5) is 9.62. The van der Waals surface area contributed by atoms with E-state index >= 15 is 8.78 Å². The number of methoxy groups -OCH3 is 1. The van der Waals surface area contributed by atoms with E-state index in [1.165, 1.54) is 12.1 Å². The third-order valence-corrected chi connectivity index (χ3v) is 8.96. The highest BCUT2D eigenvalue weighted by Crippen LogP contribution is 2.33. The lowest BCUT2D eigenvalue weighted by atomic mass is 9.98. The van der Waals surface area contributed by atoms with Gasteiger partial charge in [-0.05, 0) is 84.5 Å². The average molecular weight is 667 g/mol. The molecular weight excluding hydrogens is 630 g/mol. The maximum absolute atomic E-state index is 16.0. The van der Waals surface area contributed by atoms with Crippen LogP contribution in [0.5, 0.6) is 11.6 Å². The Kier molecular flexibility index (Phi) is 9.53.